The Morgan fingerprint density at radius 2 is 2.15 bits per heavy atom. The first kappa shape index (κ1) is 14.1. The van der Waals surface area contributed by atoms with Crippen molar-refractivity contribution in [2.75, 3.05) is 11.4 Å². The Morgan fingerprint density at radius 1 is 1.40 bits per heavy atom. The topological polar surface area (TPSA) is 58.4 Å². The van der Waals surface area contributed by atoms with Crippen LogP contribution in [0.1, 0.15) is 17.5 Å². The largest absolute Gasteiger partial charge is 0.481 e. The van der Waals surface area contributed by atoms with Gasteiger partial charge in [-0.25, -0.2) is 0 Å². The normalized spacial score (nSPS) is 10.5. The molecule has 0 amide bonds. The molecule has 2 rings (SSSR count). The molecule has 0 radical (unpaired) electrons. The van der Waals surface area contributed by atoms with Gasteiger partial charge in [-0.2, -0.15) is 5.10 Å². The Balaban J connectivity index is 2.20. The van der Waals surface area contributed by atoms with Gasteiger partial charge in [0.25, 0.3) is 0 Å². The van der Waals surface area contributed by atoms with Gasteiger partial charge < -0.3 is 10.0 Å². The fraction of sp³-hybridized carbons (Fsp3) is 0.333. The minimum Gasteiger partial charge on any atom is -0.481 e. The third-order valence-electron chi connectivity index (χ3n) is 3.18. The van der Waals surface area contributed by atoms with Gasteiger partial charge in [-0.3, -0.25) is 9.48 Å². The fourth-order valence-electron chi connectivity index (χ4n) is 2.21. The Labute approximate surface area is 118 Å². The molecule has 0 aliphatic carbocycles. The summed E-state index contributed by atoms with van der Waals surface area (Å²) >= 11 is 0. The average Bonchev–Trinajstić information content (AvgIpc) is 2.81. The molecule has 0 unspecified atom stereocenters. The third kappa shape index (κ3) is 3.60. The van der Waals surface area contributed by atoms with E-state index in [2.05, 4.69) is 10.00 Å². The van der Waals surface area contributed by atoms with Gasteiger partial charge in [0.2, 0.25) is 0 Å². The van der Waals surface area contributed by atoms with Crippen molar-refractivity contribution in [3.63, 3.8) is 0 Å². The van der Waals surface area contributed by atoms with Crippen molar-refractivity contribution >= 4 is 11.7 Å². The quantitative estimate of drug-likeness (QED) is 0.876. The summed E-state index contributed by atoms with van der Waals surface area (Å²) in [5.41, 5.74) is 3.28. The number of aryl methyl sites for hydroxylation is 2. The molecule has 0 aliphatic heterocycles. The lowest BCUT2D eigenvalue weighted by Gasteiger charge is -2.25. The summed E-state index contributed by atoms with van der Waals surface area (Å²) in [7, 11) is 1.87. The van der Waals surface area contributed by atoms with Gasteiger partial charge in [-0.15, -0.1) is 0 Å². The van der Waals surface area contributed by atoms with Crippen LogP contribution in [0.3, 0.4) is 0 Å². The number of carbonyl (C=O) groups is 1. The van der Waals surface area contributed by atoms with Gasteiger partial charge in [0.05, 0.1) is 12.6 Å². The molecule has 20 heavy (non-hydrogen) atoms. The van der Waals surface area contributed by atoms with E-state index >= 15 is 0 Å². The van der Waals surface area contributed by atoms with E-state index in [1.54, 1.807) is 4.68 Å². The summed E-state index contributed by atoms with van der Waals surface area (Å²) in [6, 6.07) is 8.01. The highest BCUT2D eigenvalue weighted by molar-refractivity contribution is 5.68. The van der Waals surface area contributed by atoms with Gasteiger partial charge in [-0.1, -0.05) is 18.2 Å². The van der Waals surface area contributed by atoms with Crippen LogP contribution in [0, 0.1) is 6.92 Å². The van der Waals surface area contributed by atoms with Crippen LogP contribution < -0.4 is 4.90 Å². The van der Waals surface area contributed by atoms with E-state index in [0.717, 1.165) is 16.8 Å². The van der Waals surface area contributed by atoms with E-state index in [0.29, 0.717) is 13.1 Å². The summed E-state index contributed by atoms with van der Waals surface area (Å²) in [5.74, 6) is -0.783. The second-order valence-corrected chi connectivity index (χ2v) is 4.87. The van der Waals surface area contributed by atoms with Crippen molar-refractivity contribution in [3.8, 4) is 0 Å². The molecule has 1 aromatic heterocycles. The predicted molar refractivity (Wildman–Crippen MR) is 77.7 cm³/mol. The molecule has 1 heterocycles. The second kappa shape index (κ2) is 6.23. The molecule has 0 spiro atoms. The molecule has 0 aliphatic rings. The summed E-state index contributed by atoms with van der Waals surface area (Å²) in [6.07, 6.45) is 3.88. The molecule has 0 atom stereocenters. The maximum absolute atomic E-state index is 10.8. The zero-order valence-corrected chi connectivity index (χ0v) is 11.8. The van der Waals surface area contributed by atoms with E-state index in [9.17, 15) is 4.79 Å². The van der Waals surface area contributed by atoms with Crippen LogP contribution in [-0.4, -0.2) is 27.4 Å². The molecule has 0 saturated heterocycles. The smallest absolute Gasteiger partial charge is 0.305 e. The van der Waals surface area contributed by atoms with E-state index in [1.165, 1.54) is 0 Å². The van der Waals surface area contributed by atoms with Crippen molar-refractivity contribution in [2.45, 2.75) is 19.9 Å². The molecule has 5 heteroatoms. The first-order chi connectivity index (χ1) is 9.56. The first-order valence-corrected chi connectivity index (χ1v) is 6.56. The lowest BCUT2D eigenvalue weighted by molar-refractivity contribution is -0.136. The number of hydrogen-bond acceptors (Lipinski definition) is 3. The Morgan fingerprint density at radius 3 is 2.75 bits per heavy atom. The van der Waals surface area contributed by atoms with E-state index in [4.69, 9.17) is 5.11 Å². The molecular weight excluding hydrogens is 254 g/mol. The van der Waals surface area contributed by atoms with Crippen molar-refractivity contribution in [3.05, 3.63) is 47.8 Å². The standard InChI is InChI=1S/C15H19N3O2/c1-12-5-3-4-6-14(12)18(8-7-15(19)20)11-13-9-16-17(2)10-13/h3-6,9-10H,7-8,11H2,1-2H3,(H,19,20). The Bertz CT molecular complexity index is 592. The van der Waals surface area contributed by atoms with Gasteiger partial charge in [0, 0.05) is 37.6 Å². The van der Waals surface area contributed by atoms with Crippen LogP contribution in [0.15, 0.2) is 36.7 Å². The van der Waals surface area contributed by atoms with E-state index < -0.39 is 5.97 Å². The number of nitrogens with zero attached hydrogens (tertiary/aromatic N) is 3. The number of rotatable bonds is 6. The van der Waals surface area contributed by atoms with Crippen LogP contribution >= 0.6 is 0 Å². The lowest BCUT2D eigenvalue weighted by Crippen LogP contribution is -2.26. The second-order valence-electron chi connectivity index (χ2n) is 4.87. The van der Waals surface area contributed by atoms with Gasteiger partial charge >= 0.3 is 5.97 Å². The maximum atomic E-state index is 10.8. The summed E-state index contributed by atoms with van der Waals surface area (Å²) < 4.78 is 1.75. The van der Waals surface area contributed by atoms with Crippen molar-refractivity contribution < 1.29 is 9.90 Å². The van der Waals surface area contributed by atoms with Gasteiger partial charge in [0.1, 0.15) is 0 Å². The summed E-state index contributed by atoms with van der Waals surface area (Å²) in [5, 5.41) is 13.1. The maximum Gasteiger partial charge on any atom is 0.305 e. The molecule has 0 saturated carbocycles. The number of benzene rings is 1. The zero-order valence-electron chi connectivity index (χ0n) is 11.8. The number of hydrogen-bond donors (Lipinski definition) is 1. The fourth-order valence-corrected chi connectivity index (χ4v) is 2.21. The Kier molecular flexibility index (Phi) is 4.40. The highest BCUT2D eigenvalue weighted by Gasteiger charge is 2.12. The van der Waals surface area contributed by atoms with E-state index in [-0.39, 0.29) is 6.42 Å². The molecular formula is C15H19N3O2. The summed E-state index contributed by atoms with van der Waals surface area (Å²) in [4.78, 5) is 12.9. The van der Waals surface area contributed by atoms with Crippen molar-refractivity contribution in [2.24, 2.45) is 7.05 Å². The number of aromatic nitrogens is 2. The van der Waals surface area contributed by atoms with Gasteiger partial charge in [-0.05, 0) is 18.6 Å². The molecule has 106 valence electrons. The highest BCUT2D eigenvalue weighted by atomic mass is 16.4. The number of anilines is 1. The van der Waals surface area contributed by atoms with Crippen LogP contribution in [0.4, 0.5) is 5.69 Å². The highest BCUT2D eigenvalue weighted by Crippen LogP contribution is 2.21. The summed E-state index contributed by atoms with van der Waals surface area (Å²) in [6.45, 7) is 3.17. The number of aliphatic carboxylic acids is 1. The van der Waals surface area contributed by atoms with Crippen LogP contribution in [0.2, 0.25) is 0 Å². The van der Waals surface area contributed by atoms with Crippen LogP contribution in [0.25, 0.3) is 0 Å². The van der Waals surface area contributed by atoms with Crippen LogP contribution in [-0.2, 0) is 18.4 Å². The van der Waals surface area contributed by atoms with Crippen molar-refractivity contribution in [1.82, 2.24) is 9.78 Å². The molecule has 1 aromatic carbocycles. The first-order valence-electron chi connectivity index (χ1n) is 6.56. The number of carboxylic acids is 1. The Hall–Kier alpha value is -2.30. The minimum atomic E-state index is -0.783. The lowest BCUT2D eigenvalue weighted by atomic mass is 10.1. The molecule has 1 N–H and O–H groups in total. The van der Waals surface area contributed by atoms with Gasteiger partial charge in [0.15, 0.2) is 0 Å². The van der Waals surface area contributed by atoms with Crippen molar-refractivity contribution in [1.29, 1.82) is 0 Å². The molecule has 0 fully saturated rings. The number of para-hydroxylation sites is 1. The predicted octanol–water partition coefficient (Wildman–Crippen LogP) is 2.21. The van der Waals surface area contributed by atoms with E-state index in [1.807, 2.05) is 50.6 Å². The number of carboxylic acid groups (broad SMARTS) is 1. The third-order valence-corrected chi connectivity index (χ3v) is 3.18. The SMILES string of the molecule is Cc1ccccc1N(CCC(=O)O)Cc1cnn(C)c1. The molecule has 5 nitrogen and oxygen atoms in total. The van der Waals surface area contributed by atoms with Crippen LogP contribution in [0.5, 0.6) is 0 Å². The molecule has 0 bridgehead atoms. The minimum absolute atomic E-state index is 0.120. The molecule has 2 aromatic rings. The monoisotopic (exact) mass is 273 g/mol. The zero-order chi connectivity index (χ0) is 14.5. The average molecular weight is 273 g/mol.